The summed E-state index contributed by atoms with van der Waals surface area (Å²) in [4.78, 5) is 34.7. The standard InChI is InChI=1S/C23H26N4O3/c1-23(2,3)30-22(29)27-13-7-10-19(27)20-25-17-12-11-16(14-18(17)26-20)24-21(28)15-8-5-4-6-9-15/h4-6,8-9,11-12,14,19H,7,10,13H2,1-3H3,(H,24,28)(H,25,26). The second kappa shape index (κ2) is 7.82. The fraction of sp³-hybridized carbons (Fsp3) is 0.348. The number of fused-ring (bicyclic) bond motifs is 1. The van der Waals surface area contributed by atoms with Crippen LogP contribution in [0.4, 0.5) is 10.5 Å². The molecule has 1 aromatic heterocycles. The van der Waals surface area contributed by atoms with Gasteiger partial charge in [0, 0.05) is 17.8 Å². The van der Waals surface area contributed by atoms with Gasteiger partial charge in [0.15, 0.2) is 0 Å². The summed E-state index contributed by atoms with van der Waals surface area (Å²) in [6.45, 7) is 6.24. The number of amides is 2. The molecular formula is C23H26N4O3. The topological polar surface area (TPSA) is 87.3 Å². The van der Waals surface area contributed by atoms with E-state index in [9.17, 15) is 9.59 Å². The fourth-order valence-corrected chi connectivity index (χ4v) is 3.65. The average Bonchev–Trinajstić information content (AvgIpc) is 3.33. The van der Waals surface area contributed by atoms with E-state index in [1.807, 2.05) is 57.2 Å². The van der Waals surface area contributed by atoms with E-state index in [2.05, 4.69) is 15.3 Å². The summed E-state index contributed by atoms with van der Waals surface area (Å²) in [6, 6.07) is 14.5. The molecular weight excluding hydrogens is 380 g/mol. The molecule has 0 radical (unpaired) electrons. The van der Waals surface area contributed by atoms with Gasteiger partial charge in [-0.15, -0.1) is 0 Å². The molecule has 0 aliphatic carbocycles. The van der Waals surface area contributed by atoms with Crippen molar-refractivity contribution < 1.29 is 14.3 Å². The Balaban J connectivity index is 1.53. The van der Waals surface area contributed by atoms with Gasteiger partial charge in [0.05, 0.1) is 17.1 Å². The Morgan fingerprint density at radius 1 is 1.17 bits per heavy atom. The number of likely N-dealkylation sites (tertiary alicyclic amines) is 1. The molecule has 2 N–H and O–H groups in total. The first-order valence-electron chi connectivity index (χ1n) is 10.2. The minimum absolute atomic E-state index is 0.144. The lowest BCUT2D eigenvalue weighted by Crippen LogP contribution is -2.36. The maximum atomic E-state index is 12.6. The van der Waals surface area contributed by atoms with E-state index in [4.69, 9.17) is 4.74 Å². The molecule has 1 fully saturated rings. The third-order valence-corrected chi connectivity index (χ3v) is 4.99. The molecule has 156 valence electrons. The zero-order chi connectivity index (χ0) is 21.3. The first kappa shape index (κ1) is 19.9. The van der Waals surface area contributed by atoms with Gasteiger partial charge in [-0.25, -0.2) is 9.78 Å². The van der Waals surface area contributed by atoms with Gasteiger partial charge in [0.25, 0.3) is 5.91 Å². The first-order valence-corrected chi connectivity index (χ1v) is 10.2. The number of H-pyrrole nitrogens is 1. The summed E-state index contributed by atoms with van der Waals surface area (Å²) in [5, 5.41) is 2.91. The monoisotopic (exact) mass is 406 g/mol. The van der Waals surface area contributed by atoms with Gasteiger partial charge in [-0.1, -0.05) is 18.2 Å². The van der Waals surface area contributed by atoms with Crippen LogP contribution in [0.5, 0.6) is 0 Å². The van der Waals surface area contributed by atoms with Crippen molar-refractivity contribution in [1.82, 2.24) is 14.9 Å². The normalized spacial score (nSPS) is 16.6. The van der Waals surface area contributed by atoms with E-state index < -0.39 is 5.60 Å². The number of hydrogen-bond acceptors (Lipinski definition) is 4. The highest BCUT2D eigenvalue weighted by Crippen LogP contribution is 2.33. The third kappa shape index (κ3) is 4.30. The lowest BCUT2D eigenvalue weighted by atomic mass is 10.2. The summed E-state index contributed by atoms with van der Waals surface area (Å²) < 4.78 is 5.55. The maximum Gasteiger partial charge on any atom is 0.410 e. The van der Waals surface area contributed by atoms with Crippen molar-refractivity contribution in [2.75, 3.05) is 11.9 Å². The van der Waals surface area contributed by atoms with Crippen molar-refractivity contribution >= 4 is 28.7 Å². The van der Waals surface area contributed by atoms with E-state index >= 15 is 0 Å². The molecule has 2 amide bonds. The van der Waals surface area contributed by atoms with E-state index in [0.29, 0.717) is 17.8 Å². The van der Waals surface area contributed by atoms with E-state index in [1.54, 1.807) is 17.0 Å². The Morgan fingerprint density at radius 2 is 1.93 bits per heavy atom. The second-order valence-corrected chi connectivity index (χ2v) is 8.51. The number of benzene rings is 2. The van der Waals surface area contributed by atoms with Crippen molar-refractivity contribution in [3.8, 4) is 0 Å². The molecule has 1 unspecified atom stereocenters. The van der Waals surface area contributed by atoms with Gasteiger partial charge < -0.3 is 15.0 Å². The molecule has 2 aromatic carbocycles. The van der Waals surface area contributed by atoms with Gasteiger partial charge in [-0.3, -0.25) is 9.69 Å². The van der Waals surface area contributed by atoms with Crippen LogP contribution in [0.1, 0.15) is 55.8 Å². The highest BCUT2D eigenvalue weighted by molar-refractivity contribution is 6.04. The van der Waals surface area contributed by atoms with Crippen molar-refractivity contribution in [3.05, 3.63) is 59.9 Å². The van der Waals surface area contributed by atoms with Crippen LogP contribution in [-0.4, -0.2) is 39.0 Å². The molecule has 0 bridgehead atoms. The Kier molecular flexibility index (Phi) is 5.20. The van der Waals surface area contributed by atoms with E-state index in [0.717, 1.165) is 29.7 Å². The van der Waals surface area contributed by atoms with Gasteiger partial charge in [0.2, 0.25) is 0 Å². The number of carbonyl (C=O) groups is 2. The summed E-state index contributed by atoms with van der Waals surface area (Å²) in [6.07, 6.45) is 1.41. The molecule has 4 rings (SSSR count). The molecule has 0 saturated carbocycles. The number of nitrogens with zero attached hydrogens (tertiary/aromatic N) is 2. The number of aromatic nitrogens is 2. The molecule has 0 spiro atoms. The average molecular weight is 406 g/mol. The summed E-state index contributed by atoms with van der Waals surface area (Å²) in [5.74, 6) is 0.571. The zero-order valence-electron chi connectivity index (χ0n) is 17.4. The van der Waals surface area contributed by atoms with Gasteiger partial charge in [-0.2, -0.15) is 0 Å². The summed E-state index contributed by atoms with van der Waals surface area (Å²) in [7, 11) is 0. The van der Waals surface area contributed by atoms with Crippen LogP contribution in [0, 0.1) is 0 Å². The number of nitrogens with one attached hydrogen (secondary N) is 2. The lowest BCUT2D eigenvalue weighted by molar-refractivity contribution is 0.0219. The predicted molar refractivity (Wildman–Crippen MR) is 115 cm³/mol. The van der Waals surface area contributed by atoms with Crippen LogP contribution >= 0.6 is 0 Å². The maximum absolute atomic E-state index is 12.6. The number of aromatic amines is 1. The highest BCUT2D eigenvalue weighted by atomic mass is 16.6. The fourth-order valence-electron chi connectivity index (χ4n) is 3.65. The molecule has 7 heteroatoms. The number of anilines is 1. The Hall–Kier alpha value is -3.35. The smallest absolute Gasteiger partial charge is 0.410 e. The van der Waals surface area contributed by atoms with Crippen molar-refractivity contribution in [1.29, 1.82) is 0 Å². The van der Waals surface area contributed by atoms with Crippen LogP contribution in [0.25, 0.3) is 11.0 Å². The van der Waals surface area contributed by atoms with E-state index in [1.165, 1.54) is 0 Å². The number of hydrogen-bond donors (Lipinski definition) is 2. The molecule has 3 aromatic rings. The number of carbonyl (C=O) groups excluding carboxylic acids is 2. The minimum Gasteiger partial charge on any atom is -0.444 e. The Bertz CT molecular complexity index is 1070. The lowest BCUT2D eigenvalue weighted by Gasteiger charge is -2.27. The van der Waals surface area contributed by atoms with Crippen LogP contribution in [0.15, 0.2) is 48.5 Å². The number of ether oxygens (including phenoxy) is 1. The first-order chi connectivity index (χ1) is 14.3. The Labute approximate surface area is 175 Å². The van der Waals surface area contributed by atoms with Crippen LogP contribution in [0.2, 0.25) is 0 Å². The van der Waals surface area contributed by atoms with Crippen molar-refractivity contribution in [2.45, 2.75) is 45.3 Å². The molecule has 1 aliphatic rings. The third-order valence-electron chi connectivity index (χ3n) is 4.99. The van der Waals surface area contributed by atoms with Crippen molar-refractivity contribution in [3.63, 3.8) is 0 Å². The molecule has 1 atom stereocenters. The van der Waals surface area contributed by atoms with Crippen LogP contribution < -0.4 is 5.32 Å². The Morgan fingerprint density at radius 3 is 2.67 bits per heavy atom. The largest absolute Gasteiger partial charge is 0.444 e. The van der Waals surface area contributed by atoms with Crippen LogP contribution in [-0.2, 0) is 4.74 Å². The molecule has 1 saturated heterocycles. The van der Waals surface area contributed by atoms with Gasteiger partial charge in [-0.05, 0) is 63.9 Å². The van der Waals surface area contributed by atoms with Gasteiger partial charge in [0.1, 0.15) is 11.4 Å². The summed E-state index contributed by atoms with van der Waals surface area (Å²) >= 11 is 0. The van der Waals surface area contributed by atoms with E-state index in [-0.39, 0.29) is 18.0 Å². The minimum atomic E-state index is -0.538. The quantitative estimate of drug-likeness (QED) is 0.648. The van der Waals surface area contributed by atoms with Crippen molar-refractivity contribution in [2.24, 2.45) is 0 Å². The van der Waals surface area contributed by atoms with Gasteiger partial charge >= 0.3 is 6.09 Å². The van der Waals surface area contributed by atoms with Crippen LogP contribution in [0.3, 0.4) is 0 Å². The number of imidazole rings is 1. The predicted octanol–water partition coefficient (Wildman–Crippen LogP) is 4.89. The zero-order valence-corrected chi connectivity index (χ0v) is 17.4. The number of rotatable bonds is 3. The molecule has 1 aliphatic heterocycles. The highest BCUT2D eigenvalue weighted by Gasteiger charge is 2.34. The molecule has 2 heterocycles. The summed E-state index contributed by atoms with van der Waals surface area (Å²) in [5.41, 5.74) is 2.35. The molecule has 7 nitrogen and oxygen atoms in total. The molecule has 30 heavy (non-hydrogen) atoms. The SMILES string of the molecule is CC(C)(C)OC(=O)N1CCCC1c1nc2ccc(NC(=O)c3ccccc3)cc2[nH]1. The second-order valence-electron chi connectivity index (χ2n) is 8.51.